The van der Waals surface area contributed by atoms with Gasteiger partial charge in [-0.25, -0.2) is 0 Å². The van der Waals surface area contributed by atoms with Gasteiger partial charge in [-0.15, -0.1) is 0 Å². The average molecular weight is 280 g/mol. The van der Waals surface area contributed by atoms with E-state index in [1.54, 1.807) is 0 Å². The number of aromatic nitrogens is 2. The lowest BCUT2D eigenvalue weighted by Crippen LogP contribution is -2.47. The number of nitrogens with one attached hydrogen (secondary N) is 2. The zero-order valence-corrected chi connectivity index (χ0v) is 12.2. The smallest absolute Gasteiger partial charge is 0.237 e. The first-order chi connectivity index (χ1) is 8.97. The van der Waals surface area contributed by atoms with Gasteiger partial charge in [0.2, 0.25) is 5.91 Å². The fraction of sp³-hybridized carbons (Fsp3) is 0.615. The van der Waals surface area contributed by atoms with E-state index in [9.17, 15) is 4.79 Å². The summed E-state index contributed by atoms with van der Waals surface area (Å²) < 4.78 is 0. The van der Waals surface area contributed by atoms with Crippen molar-refractivity contribution in [1.82, 2.24) is 10.2 Å². The van der Waals surface area contributed by atoms with Gasteiger partial charge in [-0.2, -0.15) is 5.10 Å². The Labute approximate surface area is 118 Å². The van der Waals surface area contributed by atoms with Crippen LogP contribution < -0.4 is 11.1 Å². The maximum atomic E-state index is 12.6. The van der Waals surface area contributed by atoms with Crippen LogP contribution in [-0.4, -0.2) is 21.1 Å². The predicted molar refractivity (Wildman–Crippen MR) is 79.0 cm³/mol. The molecule has 1 heterocycles. The summed E-state index contributed by atoms with van der Waals surface area (Å²) in [4.78, 5) is 12.9. The van der Waals surface area contributed by atoms with Crippen LogP contribution in [0.25, 0.3) is 0 Å². The highest BCUT2D eigenvalue weighted by atomic mass is 32.1. The average Bonchev–Trinajstić information content (AvgIpc) is 2.71. The maximum Gasteiger partial charge on any atom is 0.237 e. The van der Waals surface area contributed by atoms with E-state index in [1.165, 1.54) is 0 Å². The second-order valence-corrected chi connectivity index (χ2v) is 5.71. The Morgan fingerprint density at radius 2 is 2.00 bits per heavy atom. The van der Waals surface area contributed by atoms with Crippen molar-refractivity contribution in [3.63, 3.8) is 0 Å². The van der Waals surface area contributed by atoms with Crippen molar-refractivity contribution in [1.29, 1.82) is 0 Å². The van der Waals surface area contributed by atoms with E-state index in [0.29, 0.717) is 4.99 Å². The Kier molecular flexibility index (Phi) is 3.89. The van der Waals surface area contributed by atoms with Crippen LogP contribution in [0.2, 0.25) is 0 Å². The van der Waals surface area contributed by atoms with E-state index in [0.717, 1.165) is 49.2 Å². The van der Waals surface area contributed by atoms with Gasteiger partial charge in [0.05, 0.1) is 27.5 Å². The molecule has 0 aromatic carbocycles. The molecule has 1 saturated carbocycles. The zero-order chi connectivity index (χ0) is 14.0. The number of H-pyrrole nitrogens is 1. The van der Waals surface area contributed by atoms with E-state index in [1.807, 2.05) is 13.8 Å². The van der Waals surface area contributed by atoms with Crippen molar-refractivity contribution in [3.05, 3.63) is 11.4 Å². The van der Waals surface area contributed by atoms with Gasteiger partial charge in [0.25, 0.3) is 0 Å². The van der Waals surface area contributed by atoms with Crippen molar-refractivity contribution in [2.75, 3.05) is 5.32 Å². The number of carbonyl (C=O) groups is 1. The molecule has 0 aliphatic heterocycles. The Morgan fingerprint density at radius 1 is 1.37 bits per heavy atom. The summed E-state index contributed by atoms with van der Waals surface area (Å²) in [5.41, 5.74) is 7.53. The fourth-order valence-electron chi connectivity index (χ4n) is 2.71. The van der Waals surface area contributed by atoms with Gasteiger partial charge in [0.15, 0.2) is 0 Å². The lowest BCUT2D eigenvalue weighted by molar-refractivity contribution is -0.123. The van der Waals surface area contributed by atoms with Gasteiger partial charge in [-0.3, -0.25) is 9.89 Å². The second kappa shape index (κ2) is 5.28. The first kappa shape index (κ1) is 14.0. The molecule has 0 unspecified atom stereocenters. The van der Waals surface area contributed by atoms with Gasteiger partial charge in [0, 0.05) is 0 Å². The lowest BCUT2D eigenvalue weighted by Gasteiger charge is -2.34. The number of aromatic amines is 1. The Hall–Kier alpha value is -1.43. The van der Waals surface area contributed by atoms with Crippen LogP contribution >= 0.6 is 12.2 Å². The molecule has 0 spiro atoms. The highest BCUT2D eigenvalue weighted by Crippen LogP contribution is 2.38. The Morgan fingerprint density at radius 3 is 2.47 bits per heavy atom. The van der Waals surface area contributed by atoms with E-state index < -0.39 is 5.41 Å². The number of aryl methyl sites for hydroxylation is 2. The number of thiocarbonyl (C=S) groups is 1. The van der Waals surface area contributed by atoms with Crippen LogP contribution in [0.3, 0.4) is 0 Å². The molecule has 1 aliphatic carbocycles. The molecular formula is C13H20N4OS. The summed E-state index contributed by atoms with van der Waals surface area (Å²) >= 11 is 5.16. The molecule has 19 heavy (non-hydrogen) atoms. The van der Waals surface area contributed by atoms with E-state index in [-0.39, 0.29) is 5.91 Å². The number of nitrogens with zero attached hydrogens (tertiary/aromatic N) is 1. The van der Waals surface area contributed by atoms with Crippen LogP contribution in [0, 0.1) is 19.3 Å². The van der Waals surface area contributed by atoms with E-state index >= 15 is 0 Å². The number of rotatable bonds is 3. The third kappa shape index (κ3) is 2.49. The summed E-state index contributed by atoms with van der Waals surface area (Å²) in [6.07, 6.45) is 4.61. The van der Waals surface area contributed by atoms with Crippen molar-refractivity contribution in [2.24, 2.45) is 11.1 Å². The molecule has 1 aromatic rings. The second-order valence-electron chi connectivity index (χ2n) is 5.27. The van der Waals surface area contributed by atoms with Gasteiger partial charge in [0.1, 0.15) is 0 Å². The van der Waals surface area contributed by atoms with Crippen LogP contribution in [0.5, 0.6) is 0 Å². The number of carbonyl (C=O) groups excluding carboxylic acids is 1. The minimum absolute atomic E-state index is 0.0905. The van der Waals surface area contributed by atoms with Crippen LogP contribution in [0.4, 0.5) is 5.69 Å². The molecule has 1 amide bonds. The van der Waals surface area contributed by atoms with Crippen molar-refractivity contribution >= 4 is 28.8 Å². The van der Waals surface area contributed by atoms with Crippen LogP contribution in [-0.2, 0) is 4.79 Å². The number of nitrogens with two attached hydrogens (primary N) is 1. The number of hydrogen-bond donors (Lipinski definition) is 3. The number of anilines is 1. The third-order valence-corrected chi connectivity index (χ3v) is 4.37. The first-order valence-electron chi connectivity index (χ1n) is 6.60. The van der Waals surface area contributed by atoms with Gasteiger partial charge in [-0.05, 0) is 26.7 Å². The summed E-state index contributed by atoms with van der Waals surface area (Å²) in [5, 5.41) is 9.89. The summed E-state index contributed by atoms with van der Waals surface area (Å²) in [5.74, 6) is -0.0905. The van der Waals surface area contributed by atoms with E-state index in [2.05, 4.69) is 15.5 Å². The van der Waals surface area contributed by atoms with Gasteiger partial charge >= 0.3 is 0 Å². The first-order valence-corrected chi connectivity index (χ1v) is 7.01. The van der Waals surface area contributed by atoms with E-state index in [4.69, 9.17) is 18.0 Å². The molecule has 6 heteroatoms. The molecule has 5 nitrogen and oxygen atoms in total. The topological polar surface area (TPSA) is 83.8 Å². The zero-order valence-electron chi connectivity index (χ0n) is 11.4. The molecule has 104 valence electrons. The van der Waals surface area contributed by atoms with Crippen molar-refractivity contribution in [2.45, 2.75) is 46.0 Å². The molecule has 1 aliphatic rings. The standard InChI is InChI=1S/C13H20N4OS/c1-8-10(9(2)17-16-8)15-12(18)13(11(14)19)6-4-3-5-7-13/h3-7H2,1-2H3,(H2,14,19)(H,15,18)(H,16,17). The molecular weight excluding hydrogens is 260 g/mol. The third-order valence-electron chi connectivity index (χ3n) is 3.98. The van der Waals surface area contributed by atoms with Crippen molar-refractivity contribution < 1.29 is 4.79 Å². The summed E-state index contributed by atoms with van der Waals surface area (Å²) in [7, 11) is 0. The lowest BCUT2D eigenvalue weighted by atomic mass is 9.73. The monoisotopic (exact) mass is 280 g/mol. The maximum absolute atomic E-state index is 12.6. The fourth-order valence-corrected chi connectivity index (χ4v) is 3.01. The minimum Gasteiger partial charge on any atom is -0.392 e. The van der Waals surface area contributed by atoms with Crippen molar-refractivity contribution in [3.8, 4) is 0 Å². The van der Waals surface area contributed by atoms with Crippen LogP contribution in [0.1, 0.15) is 43.5 Å². The molecule has 4 N–H and O–H groups in total. The predicted octanol–water partition coefficient (Wildman–Crippen LogP) is 2.20. The number of hydrogen-bond acceptors (Lipinski definition) is 3. The summed E-state index contributed by atoms with van der Waals surface area (Å²) in [6, 6.07) is 0. The Bertz CT molecular complexity index is 483. The molecule has 0 saturated heterocycles. The molecule has 2 rings (SSSR count). The van der Waals surface area contributed by atoms with Crippen LogP contribution in [0.15, 0.2) is 0 Å². The number of amides is 1. The summed E-state index contributed by atoms with van der Waals surface area (Å²) in [6.45, 7) is 3.73. The highest BCUT2D eigenvalue weighted by molar-refractivity contribution is 7.80. The molecule has 0 bridgehead atoms. The largest absolute Gasteiger partial charge is 0.392 e. The molecule has 0 atom stereocenters. The molecule has 1 fully saturated rings. The molecule has 0 radical (unpaired) electrons. The highest BCUT2D eigenvalue weighted by Gasteiger charge is 2.42. The molecule has 1 aromatic heterocycles. The normalized spacial score (nSPS) is 18.0. The quantitative estimate of drug-likeness (QED) is 0.741. The van der Waals surface area contributed by atoms with Gasteiger partial charge < -0.3 is 11.1 Å². The van der Waals surface area contributed by atoms with Gasteiger partial charge in [-0.1, -0.05) is 31.5 Å². The minimum atomic E-state index is -0.691. The Balaban J connectivity index is 2.24. The SMILES string of the molecule is Cc1n[nH]c(C)c1NC(=O)C1(C(N)=S)CCCCC1.